The number of carbonyl (C=O) groups is 1. The molecule has 0 aliphatic carbocycles. The summed E-state index contributed by atoms with van der Waals surface area (Å²) in [6.07, 6.45) is 0. The van der Waals surface area contributed by atoms with E-state index >= 15 is 0 Å². The Morgan fingerprint density at radius 2 is 2.10 bits per heavy atom. The number of rotatable bonds is 2. The van der Waals surface area contributed by atoms with Crippen molar-refractivity contribution in [3.8, 4) is 11.8 Å². The van der Waals surface area contributed by atoms with Gasteiger partial charge in [-0.25, -0.2) is 0 Å². The van der Waals surface area contributed by atoms with Gasteiger partial charge < -0.3 is 14.9 Å². The van der Waals surface area contributed by atoms with Crippen molar-refractivity contribution in [2.75, 3.05) is 11.9 Å². The lowest BCUT2D eigenvalue weighted by Gasteiger charge is -2.07. The summed E-state index contributed by atoms with van der Waals surface area (Å²) < 4.78 is 4.99. The molecule has 21 heavy (non-hydrogen) atoms. The molecule has 1 heterocycles. The largest absolute Gasteiger partial charge is 0.384 e. The molecule has 5 nitrogen and oxygen atoms in total. The Labute approximate surface area is 123 Å². The number of hydrogen-bond donors (Lipinski definition) is 2. The number of aryl methyl sites for hydroxylation is 3. The Bertz CT molecular complexity index is 716. The highest BCUT2D eigenvalue weighted by atomic mass is 16.5. The first-order valence-corrected chi connectivity index (χ1v) is 6.47. The van der Waals surface area contributed by atoms with Crippen molar-refractivity contribution in [2.45, 2.75) is 20.8 Å². The zero-order valence-electron chi connectivity index (χ0n) is 12.2. The fourth-order valence-electron chi connectivity index (χ4n) is 2.07. The lowest BCUT2D eigenvalue weighted by Crippen LogP contribution is -2.13. The zero-order chi connectivity index (χ0) is 15.4. The molecule has 0 atom stereocenters. The van der Waals surface area contributed by atoms with Crippen LogP contribution >= 0.6 is 0 Å². The van der Waals surface area contributed by atoms with Crippen LogP contribution in [0.1, 0.15) is 32.9 Å². The highest BCUT2D eigenvalue weighted by Crippen LogP contribution is 2.18. The Balaban J connectivity index is 2.27. The third-order valence-corrected chi connectivity index (χ3v) is 2.91. The van der Waals surface area contributed by atoms with Crippen molar-refractivity contribution in [1.29, 1.82) is 0 Å². The van der Waals surface area contributed by atoms with E-state index < -0.39 is 0 Å². The number of nitrogens with one attached hydrogen (secondary N) is 1. The third kappa shape index (κ3) is 3.50. The molecule has 1 aromatic carbocycles. The number of carbonyl (C=O) groups excluding carboxylic acids is 1. The number of nitrogens with zero attached hydrogens (tertiary/aromatic N) is 1. The summed E-state index contributed by atoms with van der Waals surface area (Å²) in [5.41, 5.74) is 3.34. The van der Waals surface area contributed by atoms with E-state index in [0.717, 1.165) is 11.1 Å². The molecular formula is C16H16N2O3. The molecule has 0 bridgehead atoms. The van der Waals surface area contributed by atoms with Crippen LogP contribution in [0.5, 0.6) is 0 Å². The van der Waals surface area contributed by atoms with E-state index in [1.54, 1.807) is 19.9 Å². The number of anilines is 1. The van der Waals surface area contributed by atoms with Crippen LogP contribution in [0.4, 0.5) is 5.69 Å². The molecule has 0 spiro atoms. The van der Waals surface area contributed by atoms with Gasteiger partial charge in [-0.2, -0.15) is 0 Å². The van der Waals surface area contributed by atoms with Crippen molar-refractivity contribution < 1.29 is 14.4 Å². The molecule has 0 fully saturated rings. The predicted octanol–water partition coefficient (Wildman–Crippen LogP) is 2.20. The molecule has 0 radical (unpaired) electrons. The summed E-state index contributed by atoms with van der Waals surface area (Å²) in [6, 6.07) is 5.49. The van der Waals surface area contributed by atoms with E-state index in [9.17, 15) is 4.79 Å². The van der Waals surface area contributed by atoms with Crippen LogP contribution in [0.2, 0.25) is 0 Å². The van der Waals surface area contributed by atoms with Crippen molar-refractivity contribution in [3.63, 3.8) is 0 Å². The number of aromatic nitrogens is 1. The van der Waals surface area contributed by atoms with Crippen molar-refractivity contribution in [3.05, 3.63) is 46.3 Å². The molecule has 0 saturated carbocycles. The summed E-state index contributed by atoms with van der Waals surface area (Å²) in [5.74, 6) is 5.63. The number of benzene rings is 1. The highest BCUT2D eigenvalue weighted by molar-refractivity contribution is 6.05. The SMILES string of the molecule is Cc1cc(C#CCO)cc(NC(=O)c2c(C)noc2C)c1. The first-order chi connectivity index (χ1) is 10.0. The molecule has 1 aromatic heterocycles. The summed E-state index contributed by atoms with van der Waals surface area (Å²) in [7, 11) is 0. The van der Waals surface area contributed by atoms with Crippen LogP contribution in [0.3, 0.4) is 0 Å². The summed E-state index contributed by atoms with van der Waals surface area (Å²) in [4.78, 5) is 12.3. The van der Waals surface area contributed by atoms with Crippen molar-refractivity contribution >= 4 is 11.6 Å². The predicted molar refractivity (Wildman–Crippen MR) is 79.1 cm³/mol. The highest BCUT2D eigenvalue weighted by Gasteiger charge is 2.17. The Hall–Kier alpha value is -2.58. The summed E-state index contributed by atoms with van der Waals surface area (Å²) in [6.45, 7) is 5.13. The van der Waals surface area contributed by atoms with Gasteiger partial charge in [-0.1, -0.05) is 17.0 Å². The minimum Gasteiger partial charge on any atom is -0.384 e. The van der Waals surface area contributed by atoms with Crippen molar-refractivity contribution in [2.24, 2.45) is 0 Å². The fraction of sp³-hybridized carbons (Fsp3) is 0.250. The van der Waals surface area contributed by atoms with E-state index in [-0.39, 0.29) is 12.5 Å². The Morgan fingerprint density at radius 3 is 2.71 bits per heavy atom. The van der Waals surface area contributed by atoms with Crippen LogP contribution in [0, 0.1) is 32.6 Å². The van der Waals surface area contributed by atoms with Crippen LogP contribution in [-0.4, -0.2) is 22.8 Å². The standard InChI is InChI=1S/C16H16N2O3/c1-10-7-13(5-4-6-19)9-14(8-10)17-16(20)15-11(2)18-21-12(15)3/h7-9,19H,6H2,1-3H3,(H,17,20). The minimum absolute atomic E-state index is 0.200. The van der Waals surface area contributed by atoms with E-state index in [1.165, 1.54) is 0 Å². The summed E-state index contributed by atoms with van der Waals surface area (Å²) in [5, 5.41) is 15.3. The van der Waals surface area contributed by atoms with E-state index in [4.69, 9.17) is 9.63 Å². The fourth-order valence-corrected chi connectivity index (χ4v) is 2.07. The maximum atomic E-state index is 12.3. The smallest absolute Gasteiger partial charge is 0.261 e. The molecule has 108 valence electrons. The van der Waals surface area contributed by atoms with Gasteiger partial charge in [0.15, 0.2) is 0 Å². The van der Waals surface area contributed by atoms with Gasteiger partial charge in [0.1, 0.15) is 17.9 Å². The van der Waals surface area contributed by atoms with Gasteiger partial charge in [-0.15, -0.1) is 0 Å². The quantitative estimate of drug-likeness (QED) is 0.829. The second-order valence-electron chi connectivity index (χ2n) is 4.70. The van der Waals surface area contributed by atoms with Crippen LogP contribution in [-0.2, 0) is 0 Å². The van der Waals surface area contributed by atoms with Crippen LogP contribution in [0.25, 0.3) is 0 Å². The van der Waals surface area contributed by atoms with E-state index in [2.05, 4.69) is 22.3 Å². The monoisotopic (exact) mass is 284 g/mol. The minimum atomic E-state index is -0.266. The number of hydrogen-bond acceptors (Lipinski definition) is 4. The topological polar surface area (TPSA) is 75.4 Å². The van der Waals surface area contributed by atoms with Gasteiger partial charge >= 0.3 is 0 Å². The average Bonchev–Trinajstić information content (AvgIpc) is 2.75. The van der Waals surface area contributed by atoms with Crippen molar-refractivity contribution in [1.82, 2.24) is 5.16 Å². The Kier molecular flexibility index (Phi) is 4.41. The molecule has 0 aliphatic rings. The lowest BCUT2D eigenvalue weighted by molar-refractivity contribution is 0.102. The Morgan fingerprint density at radius 1 is 1.33 bits per heavy atom. The number of aliphatic hydroxyl groups is 1. The normalized spacial score (nSPS) is 9.90. The molecule has 2 N–H and O–H groups in total. The third-order valence-electron chi connectivity index (χ3n) is 2.91. The molecule has 2 aromatic rings. The van der Waals surface area contributed by atoms with Gasteiger partial charge in [-0.3, -0.25) is 4.79 Å². The number of amides is 1. The average molecular weight is 284 g/mol. The van der Waals surface area contributed by atoms with E-state index in [0.29, 0.717) is 22.7 Å². The molecule has 0 saturated heterocycles. The van der Waals surface area contributed by atoms with Gasteiger partial charge in [0.2, 0.25) is 0 Å². The van der Waals surface area contributed by atoms with Gasteiger partial charge in [0.25, 0.3) is 5.91 Å². The van der Waals surface area contributed by atoms with Gasteiger partial charge in [-0.05, 0) is 44.5 Å². The van der Waals surface area contributed by atoms with Crippen LogP contribution < -0.4 is 5.32 Å². The lowest BCUT2D eigenvalue weighted by atomic mass is 10.1. The molecule has 5 heteroatoms. The first-order valence-electron chi connectivity index (χ1n) is 6.47. The van der Waals surface area contributed by atoms with E-state index in [1.807, 2.05) is 19.1 Å². The maximum absolute atomic E-state index is 12.3. The molecule has 0 aliphatic heterocycles. The molecular weight excluding hydrogens is 268 g/mol. The first kappa shape index (κ1) is 14.8. The number of aliphatic hydroxyl groups excluding tert-OH is 1. The van der Waals surface area contributed by atoms with Gasteiger partial charge in [0, 0.05) is 11.3 Å². The maximum Gasteiger partial charge on any atom is 0.261 e. The second kappa shape index (κ2) is 6.25. The molecule has 1 amide bonds. The molecule has 2 rings (SSSR count). The summed E-state index contributed by atoms with van der Waals surface area (Å²) >= 11 is 0. The second-order valence-corrected chi connectivity index (χ2v) is 4.70. The van der Waals surface area contributed by atoms with Crippen LogP contribution in [0.15, 0.2) is 22.7 Å². The van der Waals surface area contributed by atoms with Gasteiger partial charge in [0.05, 0.1) is 5.69 Å². The molecule has 0 unspecified atom stereocenters. The zero-order valence-corrected chi connectivity index (χ0v) is 12.2.